The van der Waals surface area contributed by atoms with E-state index < -0.39 is 0 Å². The van der Waals surface area contributed by atoms with Gasteiger partial charge in [0.25, 0.3) is 0 Å². The van der Waals surface area contributed by atoms with E-state index >= 15 is 0 Å². The summed E-state index contributed by atoms with van der Waals surface area (Å²) in [6.07, 6.45) is 2.96. The number of aromatic amines is 1. The molecule has 40 heavy (non-hydrogen) atoms. The van der Waals surface area contributed by atoms with E-state index in [1.54, 1.807) is 16.8 Å². The quantitative estimate of drug-likeness (QED) is 0.218. The molecule has 2 N–H and O–H groups in total. The molecule has 5 rings (SSSR count). The van der Waals surface area contributed by atoms with Crippen molar-refractivity contribution in [2.45, 2.75) is 45.2 Å². The molecule has 1 aliphatic rings. The molecule has 2 amide bonds. The molecule has 8 heteroatoms. The number of aryl methyl sites for hydroxylation is 1. The normalized spacial score (nSPS) is 15.4. The number of fused-ring (bicyclic) bond motifs is 3. The summed E-state index contributed by atoms with van der Waals surface area (Å²) in [5.41, 5.74) is 6.24. The van der Waals surface area contributed by atoms with Crippen molar-refractivity contribution < 1.29 is 14.3 Å². The summed E-state index contributed by atoms with van der Waals surface area (Å²) in [5, 5.41) is 5.36. The summed E-state index contributed by atoms with van der Waals surface area (Å²) in [4.78, 5) is 31.5. The predicted molar refractivity (Wildman–Crippen MR) is 160 cm³/mol. The average molecular weight is 559 g/mol. The fourth-order valence-corrected chi connectivity index (χ4v) is 5.53. The Balaban J connectivity index is 1.45. The van der Waals surface area contributed by atoms with Gasteiger partial charge in [0.1, 0.15) is 11.8 Å². The number of hydrogen-bond donors (Lipinski definition) is 2. The first-order chi connectivity index (χ1) is 19.4. The number of halogens is 1. The van der Waals surface area contributed by atoms with Crippen molar-refractivity contribution in [2.75, 3.05) is 25.5 Å². The third-order valence-electron chi connectivity index (χ3n) is 7.65. The van der Waals surface area contributed by atoms with E-state index in [2.05, 4.69) is 41.5 Å². The second-order valence-electron chi connectivity index (χ2n) is 10.5. The molecule has 1 aliphatic heterocycles. The van der Waals surface area contributed by atoms with Gasteiger partial charge in [0, 0.05) is 53.5 Å². The van der Waals surface area contributed by atoms with Gasteiger partial charge in [0.15, 0.2) is 0 Å². The van der Waals surface area contributed by atoms with Crippen LogP contribution in [0.5, 0.6) is 5.75 Å². The van der Waals surface area contributed by atoms with E-state index in [1.807, 2.05) is 49.4 Å². The molecule has 2 heterocycles. The number of nitrogens with zero attached hydrogens (tertiary/aromatic N) is 2. The lowest BCUT2D eigenvalue weighted by Crippen LogP contribution is -2.42. The van der Waals surface area contributed by atoms with E-state index in [0.29, 0.717) is 30.3 Å². The Morgan fingerprint density at radius 3 is 2.62 bits per heavy atom. The van der Waals surface area contributed by atoms with Crippen LogP contribution in [0.2, 0.25) is 5.02 Å². The molecular weight excluding hydrogens is 524 g/mol. The van der Waals surface area contributed by atoms with Crippen LogP contribution in [-0.4, -0.2) is 53.5 Å². The van der Waals surface area contributed by atoms with Gasteiger partial charge in [-0.05, 0) is 79.8 Å². The monoisotopic (exact) mass is 558 g/mol. The van der Waals surface area contributed by atoms with Crippen LogP contribution in [0.4, 0.5) is 10.5 Å². The lowest BCUT2D eigenvalue weighted by Gasteiger charge is -2.35. The molecule has 3 aromatic carbocycles. The van der Waals surface area contributed by atoms with Crippen LogP contribution >= 0.6 is 11.6 Å². The summed E-state index contributed by atoms with van der Waals surface area (Å²) in [7, 11) is 1.79. The van der Waals surface area contributed by atoms with Crippen molar-refractivity contribution in [2.24, 2.45) is 0 Å². The smallest absolute Gasteiger partial charge is 0.410 e. The first kappa shape index (κ1) is 27.6. The van der Waals surface area contributed by atoms with Gasteiger partial charge < -0.3 is 19.9 Å². The van der Waals surface area contributed by atoms with E-state index in [0.717, 1.165) is 52.7 Å². The van der Waals surface area contributed by atoms with Crippen LogP contribution in [-0.2, 0) is 11.2 Å². The van der Waals surface area contributed by atoms with Crippen LogP contribution < -0.4 is 10.1 Å². The lowest BCUT2D eigenvalue weighted by atomic mass is 9.92. The number of ether oxygens (including phenoxy) is 1. The number of rotatable bonds is 9. The largest absolute Gasteiger partial charge is 0.416 e. The summed E-state index contributed by atoms with van der Waals surface area (Å²) < 4.78 is 5.83. The molecule has 4 aromatic rings. The molecule has 0 bridgehead atoms. The Labute approximate surface area is 240 Å². The van der Waals surface area contributed by atoms with E-state index in [9.17, 15) is 9.59 Å². The van der Waals surface area contributed by atoms with Crippen molar-refractivity contribution in [3.8, 4) is 5.75 Å². The zero-order valence-electron chi connectivity index (χ0n) is 23.1. The Morgan fingerprint density at radius 1 is 1.18 bits per heavy atom. The molecule has 7 nitrogen and oxygen atoms in total. The SMILES string of the molecule is CCC(CCN(C)C=O)Nc1ccc(C2c3[nH]c4ccc(Cl)cc4c3CCN2C(=O)Oc2ccc(C)cc2)cc1. The summed E-state index contributed by atoms with van der Waals surface area (Å²) in [6, 6.07) is 21.5. The number of carbonyl (C=O) groups excluding carboxylic acids is 2. The molecule has 2 unspecified atom stereocenters. The fraction of sp³-hybridized carbons (Fsp3) is 0.312. The summed E-state index contributed by atoms with van der Waals surface area (Å²) in [5.74, 6) is 0.522. The highest BCUT2D eigenvalue weighted by Crippen LogP contribution is 2.40. The summed E-state index contributed by atoms with van der Waals surface area (Å²) >= 11 is 6.35. The highest BCUT2D eigenvalue weighted by atomic mass is 35.5. The number of anilines is 1. The maximum absolute atomic E-state index is 13.5. The maximum Gasteiger partial charge on any atom is 0.416 e. The van der Waals surface area contributed by atoms with Crippen molar-refractivity contribution >= 4 is 40.7 Å². The molecule has 2 atom stereocenters. The number of benzene rings is 3. The van der Waals surface area contributed by atoms with Crippen LogP contribution in [0.3, 0.4) is 0 Å². The topological polar surface area (TPSA) is 77.7 Å². The highest BCUT2D eigenvalue weighted by molar-refractivity contribution is 6.31. The number of nitrogens with one attached hydrogen (secondary N) is 2. The third-order valence-corrected chi connectivity index (χ3v) is 7.88. The van der Waals surface area contributed by atoms with Gasteiger partial charge in [-0.1, -0.05) is 48.4 Å². The van der Waals surface area contributed by atoms with Gasteiger partial charge >= 0.3 is 6.09 Å². The highest BCUT2D eigenvalue weighted by Gasteiger charge is 2.35. The Kier molecular flexibility index (Phi) is 8.31. The van der Waals surface area contributed by atoms with Gasteiger partial charge in [-0.2, -0.15) is 0 Å². The fourth-order valence-electron chi connectivity index (χ4n) is 5.36. The number of hydrogen-bond acceptors (Lipinski definition) is 4. The Bertz CT molecular complexity index is 1480. The molecule has 1 aromatic heterocycles. The predicted octanol–water partition coefficient (Wildman–Crippen LogP) is 6.95. The van der Waals surface area contributed by atoms with Crippen molar-refractivity contribution in [3.63, 3.8) is 0 Å². The Morgan fingerprint density at radius 2 is 1.93 bits per heavy atom. The minimum absolute atomic E-state index is 0.244. The minimum atomic E-state index is -0.385. The van der Waals surface area contributed by atoms with E-state index in [1.165, 1.54) is 5.56 Å². The molecule has 0 fully saturated rings. The van der Waals surface area contributed by atoms with Gasteiger partial charge in [-0.15, -0.1) is 0 Å². The molecule has 0 aliphatic carbocycles. The summed E-state index contributed by atoms with van der Waals surface area (Å²) in [6.45, 7) is 5.35. The molecular formula is C32H35ClN4O3. The van der Waals surface area contributed by atoms with E-state index in [4.69, 9.17) is 16.3 Å². The zero-order valence-corrected chi connectivity index (χ0v) is 23.9. The van der Waals surface area contributed by atoms with E-state index in [-0.39, 0.29) is 18.2 Å². The first-order valence-electron chi connectivity index (χ1n) is 13.7. The Hall–Kier alpha value is -3.97. The minimum Gasteiger partial charge on any atom is -0.410 e. The van der Waals surface area contributed by atoms with Crippen molar-refractivity contribution in [1.82, 2.24) is 14.8 Å². The molecule has 0 spiro atoms. The second kappa shape index (κ2) is 12.0. The average Bonchev–Trinajstić information content (AvgIpc) is 3.33. The molecule has 0 saturated heterocycles. The second-order valence-corrected chi connectivity index (χ2v) is 10.9. The van der Waals surface area contributed by atoms with Gasteiger partial charge in [0.05, 0.1) is 0 Å². The first-order valence-corrected chi connectivity index (χ1v) is 14.1. The van der Waals surface area contributed by atoms with Crippen LogP contribution in [0, 0.1) is 6.92 Å². The van der Waals surface area contributed by atoms with Crippen LogP contribution in [0.25, 0.3) is 10.9 Å². The third kappa shape index (κ3) is 5.94. The zero-order chi connectivity index (χ0) is 28.2. The number of amides is 2. The number of aromatic nitrogens is 1. The number of H-pyrrole nitrogens is 1. The molecule has 0 saturated carbocycles. The van der Waals surface area contributed by atoms with Crippen LogP contribution in [0.15, 0.2) is 66.7 Å². The lowest BCUT2D eigenvalue weighted by molar-refractivity contribution is -0.117. The molecule has 0 radical (unpaired) electrons. The standard InChI is InChI=1S/C32H35ClN4O3/c1-4-24(15-17-36(3)20-38)34-25-10-7-22(8-11-25)31-30-27(28-19-23(33)9-14-29(28)35-30)16-18-37(31)32(39)40-26-12-5-21(2)6-13-26/h5-14,19-20,24,31,34-35H,4,15-18H2,1-3H3. The van der Waals surface area contributed by atoms with Gasteiger partial charge in [0.2, 0.25) is 6.41 Å². The van der Waals surface area contributed by atoms with Gasteiger partial charge in [-0.3, -0.25) is 9.69 Å². The number of carbonyl (C=O) groups is 2. The molecule has 208 valence electrons. The van der Waals surface area contributed by atoms with Crippen molar-refractivity contribution in [3.05, 3.63) is 94.1 Å². The van der Waals surface area contributed by atoms with Gasteiger partial charge in [-0.25, -0.2) is 4.79 Å². The maximum atomic E-state index is 13.5. The van der Waals surface area contributed by atoms with Crippen LogP contribution in [0.1, 0.15) is 48.2 Å². The van der Waals surface area contributed by atoms with Crippen molar-refractivity contribution in [1.29, 1.82) is 0 Å².